The summed E-state index contributed by atoms with van der Waals surface area (Å²) in [6, 6.07) is 13.8. The fourth-order valence-electron chi connectivity index (χ4n) is 4.49. The molecule has 2 heterocycles. The van der Waals surface area contributed by atoms with Crippen LogP contribution in [0.3, 0.4) is 0 Å². The second-order valence-electron chi connectivity index (χ2n) is 8.22. The Hall–Kier alpha value is -3.89. The van der Waals surface area contributed by atoms with Gasteiger partial charge in [-0.25, -0.2) is 0 Å². The largest absolute Gasteiger partial charge is 0.384 e. The first-order chi connectivity index (χ1) is 15.6. The number of aryl methyl sites for hydroxylation is 2. The number of pyridine rings is 1. The van der Waals surface area contributed by atoms with Crippen LogP contribution < -0.4 is 16.2 Å². The molecule has 2 atom stereocenters. The number of nitrogens with two attached hydrogens (primary N) is 1. The Labute approximate surface area is 195 Å². The first kappa shape index (κ1) is 22.3. The molecule has 0 bridgehead atoms. The highest BCUT2D eigenvalue weighted by Crippen LogP contribution is 2.40. The van der Waals surface area contributed by atoms with Crippen molar-refractivity contribution in [3.63, 3.8) is 0 Å². The number of hydrogen-bond acceptors (Lipinski definition) is 5. The van der Waals surface area contributed by atoms with Crippen LogP contribution in [0, 0.1) is 31.1 Å². The molecule has 0 unspecified atom stereocenters. The standard InChI is InChI=1S/C25H21ClN4O3/c1-12-8-13(2)17-10-18(24(32)29-20(17)9-12)22-19(11-27)23(28)30(25(33)21(22)14(3)31)16-6-4-15(26)5-7-16/h4-10,21-22H,28H2,1-3H3,(H,29,32)/t21-,22+/m1/s1. The lowest BCUT2D eigenvalue weighted by molar-refractivity contribution is -0.132. The molecule has 2 aromatic carbocycles. The van der Waals surface area contributed by atoms with Gasteiger partial charge in [0.15, 0.2) is 0 Å². The van der Waals surface area contributed by atoms with Gasteiger partial charge in [-0.15, -0.1) is 0 Å². The molecule has 166 valence electrons. The van der Waals surface area contributed by atoms with Crippen molar-refractivity contribution in [1.29, 1.82) is 5.26 Å². The van der Waals surface area contributed by atoms with E-state index in [0.717, 1.165) is 21.4 Å². The Morgan fingerprint density at radius 1 is 1.15 bits per heavy atom. The number of carbonyl (C=O) groups is 2. The molecule has 3 aromatic rings. The smallest absolute Gasteiger partial charge is 0.252 e. The van der Waals surface area contributed by atoms with Gasteiger partial charge in [-0.05, 0) is 68.3 Å². The zero-order valence-corrected chi connectivity index (χ0v) is 19.0. The van der Waals surface area contributed by atoms with Gasteiger partial charge >= 0.3 is 0 Å². The van der Waals surface area contributed by atoms with Crippen LogP contribution in [0.2, 0.25) is 5.02 Å². The second-order valence-corrected chi connectivity index (χ2v) is 8.66. The molecule has 8 heteroatoms. The van der Waals surface area contributed by atoms with Crippen LogP contribution in [0.15, 0.2) is 58.7 Å². The Balaban J connectivity index is 1.99. The minimum Gasteiger partial charge on any atom is -0.384 e. The highest BCUT2D eigenvalue weighted by atomic mass is 35.5. The van der Waals surface area contributed by atoms with E-state index in [1.165, 1.54) is 6.92 Å². The van der Waals surface area contributed by atoms with Crippen molar-refractivity contribution in [2.24, 2.45) is 11.7 Å². The fourth-order valence-corrected chi connectivity index (χ4v) is 4.62. The number of aromatic amines is 1. The van der Waals surface area contributed by atoms with Crippen molar-refractivity contribution in [3.05, 3.63) is 85.9 Å². The lowest BCUT2D eigenvalue weighted by atomic mass is 9.75. The minimum absolute atomic E-state index is 0.0145. The van der Waals surface area contributed by atoms with E-state index in [0.29, 0.717) is 16.2 Å². The monoisotopic (exact) mass is 460 g/mol. The van der Waals surface area contributed by atoms with Crippen molar-refractivity contribution in [2.75, 3.05) is 4.90 Å². The summed E-state index contributed by atoms with van der Waals surface area (Å²) in [7, 11) is 0. The van der Waals surface area contributed by atoms with Crippen molar-refractivity contribution in [2.45, 2.75) is 26.7 Å². The normalized spacial score (nSPS) is 18.5. The summed E-state index contributed by atoms with van der Waals surface area (Å²) < 4.78 is 0. The predicted molar refractivity (Wildman–Crippen MR) is 127 cm³/mol. The summed E-state index contributed by atoms with van der Waals surface area (Å²) in [5.41, 5.74) is 8.88. The third kappa shape index (κ3) is 3.69. The maximum atomic E-state index is 13.5. The van der Waals surface area contributed by atoms with Crippen LogP contribution >= 0.6 is 11.6 Å². The first-order valence-corrected chi connectivity index (χ1v) is 10.7. The van der Waals surface area contributed by atoms with Gasteiger partial charge in [-0.1, -0.05) is 17.7 Å². The number of hydrogen-bond donors (Lipinski definition) is 2. The third-order valence-corrected chi connectivity index (χ3v) is 6.22. The van der Waals surface area contributed by atoms with E-state index >= 15 is 0 Å². The number of carbonyl (C=O) groups excluding carboxylic acids is 2. The Morgan fingerprint density at radius 3 is 2.42 bits per heavy atom. The number of aromatic nitrogens is 1. The Kier molecular flexibility index (Phi) is 5.56. The molecule has 4 rings (SSSR count). The van der Waals surface area contributed by atoms with E-state index < -0.39 is 29.1 Å². The van der Waals surface area contributed by atoms with Crippen molar-refractivity contribution < 1.29 is 9.59 Å². The number of halogens is 1. The summed E-state index contributed by atoms with van der Waals surface area (Å²) in [5, 5.41) is 11.2. The van der Waals surface area contributed by atoms with E-state index in [9.17, 15) is 19.6 Å². The number of allylic oxidation sites excluding steroid dienone is 1. The maximum absolute atomic E-state index is 13.5. The number of nitrogens with one attached hydrogen (secondary N) is 1. The fraction of sp³-hybridized carbons (Fsp3) is 0.200. The van der Waals surface area contributed by atoms with Gasteiger partial charge in [0.25, 0.3) is 5.56 Å². The van der Waals surface area contributed by atoms with E-state index in [1.54, 1.807) is 30.3 Å². The molecule has 0 fully saturated rings. The number of H-pyrrole nitrogens is 1. The molecule has 1 aliphatic rings. The Morgan fingerprint density at radius 2 is 1.82 bits per heavy atom. The zero-order valence-electron chi connectivity index (χ0n) is 18.3. The molecule has 33 heavy (non-hydrogen) atoms. The summed E-state index contributed by atoms with van der Waals surface area (Å²) in [4.78, 5) is 43.3. The van der Waals surface area contributed by atoms with Crippen molar-refractivity contribution in [3.8, 4) is 6.07 Å². The molecule has 1 aliphatic heterocycles. The van der Waals surface area contributed by atoms with Crippen LogP contribution in [0.4, 0.5) is 5.69 Å². The van der Waals surface area contributed by atoms with Crippen LogP contribution in [0.1, 0.15) is 29.5 Å². The molecule has 0 saturated carbocycles. The molecule has 1 aromatic heterocycles. The number of anilines is 1. The van der Waals surface area contributed by atoms with E-state index in [-0.39, 0.29) is 17.0 Å². The van der Waals surface area contributed by atoms with Gasteiger partial charge in [0.2, 0.25) is 5.91 Å². The molecule has 0 saturated heterocycles. The predicted octanol–water partition coefficient (Wildman–Crippen LogP) is 3.83. The van der Waals surface area contributed by atoms with E-state index in [2.05, 4.69) is 4.98 Å². The topological polar surface area (TPSA) is 120 Å². The number of amides is 1. The van der Waals surface area contributed by atoms with E-state index in [4.69, 9.17) is 17.3 Å². The van der Waals surface area contributed by atoms with Gasteiger partial charge in [0.1, 0.15) is 17.5 Å². The summed E-state index contributed by atoms with van der Waals surface area (Å²) in [5.74, 6) is -3.58. The van der Waals surface area contributed by atoms with Crippen molar-refractivity contribution >= 4 is 39.9 Å². The SMILES string of the molecule is CC(=O)[C@H]1C(=O)N(c2ccc(Cl)cc2)C(N)=C(C#N)[C@@H]1c1cc2c(C)cc(C)cc2[nH]c1=O. The average Bonchev–Trinajstić information content (AvgIpc) is 2.74. The van der Waals surface area contributed by atoms with Gasteiger partial charge in [0, 0.05) is 27.4 Å². The number of fused-ring (bicyclic) bond motifs is 1. The van der Waals surface area contributed by atoms with Crippen molar-refractivity contribution in [1.82, 2.24) is 4.98 Å². The van der Waals surface area contributed by atoms with Gasteiger partial charge in [-0.3, -0.25) is 19.3 Å². The van der Waals surface area contributed by atoms with Crippen LogP contribution in [0.5, 0.6) is 0 Å². The van der Waals surface area contributed by atoms with Crippen LogP contribution in [0.25, 0.3) is 10.9 Å². The number of ketones is 1. The molecule has 0 spiro atoms. The number of nitriles is 1. The molecule has 0 radical (unpaired) electrons. The number of rotatable bonds is 3. The lowest BCUT2D eigenvalue weighted by Crippen LogP contribution is -2.49. The van der Waals surface area contributed by atoms with Crippen LogP contribution in [-0.4, -0.2) is 16.7 Å². The molecule has 7 nitrogen and oxygen atoms in total. The van der Waals surface area contributed by atoms with Gasteiger partial charge in [-0.2, -0.15) is 5.26 Å². The molecular formula is C25H21ClN4O3. The van der Waals surface area contributed by atoms with Gasteiger partial charge in [0.05, 0.1) is 17.3 Å². The highest BCUT2D eigenvalue weighted by Gasteiger charge is 2.46. The lowest BCUT2D eigenvalue weighted by Gasteiger charge is -2.36. The number of benzene rings is 2. The quantitative estimate of drug-likeness (QED) is 0.575. The number of nitrogens with zero attached hydrogens (tertiary/aromatic N) is 2. The summed E-state index contributed by atoms with van der Waals surface area (Å²) >= 11 is 5.96. The summed E-state index contributed by atoms with van der Waals surface area (Å²) in [6.07, 6.45) is 0. The zero-order chi connectivity index (χ0) is 24.0. The average molecular weight is 461 g/mol. The molecule has 0 aliphatic carbocycles. The first-order valence-electron chi connectivity index (χ1n) is 10.3. The highest BCUT2D eigenvalue weighted by molar-refractivity contribution is 6.30. The van der Waals surface area contributed by atoms with Crippen LogP contribution in [-0.2, 0) is 9.59 Å². The molecule has 1 amide bonds. The second kappa shape index (κ2) is 8.23. The van der Waals surface area contributed by atoms with E-state index in [1.807, 2.05) is 32.0 Å². The number of Topliss-reactive ketones (excluding diaryl/α,β-unsaturated/α-hetero) is 1. The molecule has 3 N–H and O–H groups in total. The Bertz CT molecular complexity index is 1450. The maximum Gasteiger partial charge on any atom is 0.252 e. The minimum atomic E-state index is -1.29. The van der Waals surface area contributed by atoms with Gasteiger partial charge < -0.3 is 10.7 Å². The summed E-state index contributed by atoms with van der Waals surface area (Å²) in [6.45, 7) is 5.10. The molecular weight excluding hydrogens is 440 g/mol. The third-order valence-electron chi connectivity index (χ3n) is 5.97.